The summed E-state index contributed by atoms with van der Waals surface area (Å²) in [6, 6.07) is 4.01. The van der Waals surface area contributed by atoms with Crippen LogP contribution >= 0.6 is 0 Å². The minimum Gasteiger partial charge on any atom is -0.481 e. The molecule has 0 aromatic carbocycles. The summed E-state index contributed by atoms with van der Waals surface area (Å²) in [6.07, 6.45) is 14.2. The van der Waals surface area contributed by atoms with Gasteiger partial charge in [0.25, 0.3) is 0 Å². The van der Waals surface area contributed by atoms with E-state index >= 15 is 0 Å². The number of rotatable bonds is 9. The van der Waals surface area contributed by atoms with Gasteiger partial charge in [0.2, 0.25) is 0 Å². The molecule has 1 aromatic heterocycles. The second kappa shape index (κ2) is 9.66. The fraction of sp³-hybridized carbons (Fsp3) is 0.684. The summed E-state index contributed by atoms with van der Waals surface area (Å²) < 4.78 is 0. The van der Waals surface area contributed by atoms with Crippen molar-refractivity contribution in [3.8, 4) is 0 Å². The van der Waals surface area contributed by atoms with Gasteiger partial charge >= 0.3 is 5.97 Å². The van der Waals surface area contributed by atoms with Crippen molar-refractivity contribution in [2.75, 3.05) is 0 Å². The van der Waals surface area contributed by atoms with Crippen LogP contribution in [0.1, 0.15) is 63.4 Å². The summed E-state index contributed by atoms with van der Waals surface area (Å²) in [6.45, 7) is 0. The number of pyridine rings is 1. The largest absolute Gasteiger partial charge is 0.481 e. The van der Waals surface area contributed by atoms with Crippen molar-refractivity contribution in [2.45, 2.75) is 70.3 Å². The van der Waals surface area contributed by atoms with Crippen LogP contribution in [0, 0.1) is 11.8 Å². The first kappa shape index (κ1) is 17.9. The number of hydrogen-bond donors (Lipinski definition) is 2. The zero-order valence-corrected chi connectivity index (χ0v) is 14.0. The number of hydrogen-bond acceptors (Lipinski definition) is 3. The van der Waals surface area contributed by atoms with Gasteiger partial charge in [0, 0.05) is 18.4 Å². The topological polar surface area (TPSA) is 76.2 Å². The molecule has 23 heavy (non-hydrogen) atoms. The summed E-state index contributed by atoms with van der Waals surface area (Å²) in [5.41, 5.74) is 7.47. The van der Waals surface area contributed by atoms with Crippen molar-refractivity contribution in [3.63, 3.8) is 0 Å². The van der Waals surface area contributed by atoms with Gasteiger partial charge in [-0.2, -0.15) is 0 Å². The monoisotopic (exact) mass is 318 g/mol. The molecule has 128 valence electrons. The molecule has 0 radical (unpaired) electrons. The van der Waals surface area contributed by atoms with Crippen molar-refractivity contribution in [3.05, 3.63) is 30.1 Å². The molecule has 1 heterocycles. The summed E-state index contributed by atoms with van der Waals surface area (Å²) >= 11 is 0. The highest BCUT2D eigenvalue weighted by Gasteiger charge is 2.23. The van der Waals surface area contributed by atoms with Crippen LogP contribution in [0.25, 0.3) is 0 Å². The van der Waals surface area contributed by atoms with Gasteiger partial charge in [-0.1, -0.05) is 32.1 Å². The predicted molar refractivity (Wildman–Crippen MR) is 92.1 cm³/mol. The molecule has 4 heteroatoms. The van der Waals surface area contributed by atoms with Crippen LogP contribution in [0.5, 0.6) is 0 Å². The number of aliphatic carboxylic acids is 1. The Morgan fingerprint density at radius 2 is 1.96 bits per heavy atom. The maximum Gasteiger partial charge on any atom is 0.306 e. The summed E-state index contributed by atoms with van der Waals surface area (Å²) in [5, 5.41) is 9.46. The van der Waals surface area contributed by atoms with E-state index in [9.17, 15) is 9.90 Å². The molecule has 2 unspecified atom stereocenters. The zero-order valence-electron chi connectivity index (χ0n) is 14.0. The van der Waals surface area contributed by atoms with E-state index in [0.717, 1.165) is 19.3 Å². The lowest BCUT2D eigenvalue weighted by atomic mass is 9.82. The van der Waals surface area contributed by atoms with Crippen molar-refractivity contribution in [2.24, 2.45) is 17.6 Å². The van der Waals surface area contributed by atoms with Gasteiger partial charge in [-0.25, -0.2) is 0 Å². The number of nitrogens with two attached hydrogens (primary N) is 1. The highest BCUT2D eigenvalue weighted by atomic mass is 16.4. The first-order valence-electron chi connectivity index (χ1n) is 9.02. The van der Waals surface area contributed by atoms with Gasteiger partial charge in [0.05, 0.1) is 5.92 Å². The van der Waals surface area contributed by atoms with Crippen LogP contribution in [-0.4, -0.2) is 22.1 Å². The van der Waals surface area contributed by atoms with Crippen LogP contribution < -0.4 is 5.73 Å². The summed E-state index contributed by atoms with van der Waals surface area (Å²) in [4.78, 5) is 15.5. The van der Waals surface area contributed by atoms with Crippen molar-refractivity contribution >= 4 is 5.97 Å². The number of carboxylic acid groups (broad SMARTS) is 1. The molecular formula is C19H30N2O2. The Labute approximate surface area is 139 Å². The summed E-state index contributed by atoms with van der Waals surface area (Å²) in [5.74, 6) is -0.292. The first-order valence-corrected chi connectivity index (χ1v) is 9.02. The van der Waals surface area contributed by atoms with E-state index in [2.05, 4.69) is 4.98 Å². The Hall–Kier alpha value is -1.42. The third-order valence-corrected chi connectivity index (χ3v) is 5.06. The van der Waals surface area contributed by atoms with E-state index in [4.69, 9.17) is 5.73 Å². The lowest BCUT2D eigenvalue weighted by Crippen LogP contribution is -2.30. The SMILES string of the molecule is NC(CC1CCCCC1)CC(CCCc1ccncc1)C(=O)O. The second-order valence-electron chi connectivity index (χ2n) is 7.02. The van der Waals surface area contributed by atoms with Crippen LogP contribution in [0.2, 0.25) is 0 Å². The van der Waals surface area contributed by atoms with Gasteiger partial charge in [-0.15, -0.1) is 0 Å². The Bertz CT molecular complexity index is 458. The molecule has 1 aromatic rings. The molecule has 0 spiro atoms. The average Bonchev–Trinajstić information content (AvgIpc) is 2.55. The molecule has 0 saturated heterocycles. The van der Waals surface area contributed by atoms with Crippen LogP contribution in [0.3, 0.4) is 0 Å². The van der Waals surface area contributed by atoms with Gasteiger partial charge < -0.3 is 10.8 Å². The van der Waals surface area contributed by atoms with Crippen LogP contribution in [0.4, 0.5) is 0 Å². The predicted octanol–water partition coefficient (Wildman–Crippen LogP) is 3.79. The molecule has 0 aliphatic heterocycles. The normalized spacial score (nSPS) is 18.5. The minimum atomic E-state index is -0.696. The van der Waals surface area contributed by atoms with Crippen LogP contribution in [-0.2, 0) is 11.2 Å². The molecular weight excluding hydrogens is 288 g/mol. The lowest BCUT2D eigenvalue weighted by molar-refractivity contribution is -0.142. The van der Waals surface area contributed by atoms with Crippen molar-refractivity contribution in [1.29, 1.82) is 0 Å². The van der Waals surface area contributed by atoms with E-state index in [-0.39, 0.29) is 12.0 Å². The number of aromatic nitrogens is 1. The maximum atomic E-state index is 11.5. The fourth-order valence-electron chi connectivity index (χ4n) is 3.76. The van der Waals surface area contributed by atoms with E-state index < -0.39 is 5.97 Å². The first-order chi connectivity index (χ1) is 11.1. The molecule has 1 aliphatic carbocycles. The van der Waals surface area contributed by atoms with Gasteiger partial charge in [-0.3, -0.25) is 9.78 Å². The number of carbonyl (C=O) groups is 1. The summed E-state index contributed by atoms with van der Waals surface area (Å²) in [7, 11) is 0. The Kier molecular flexibility index (Phi) is 7.53. The smallest absolute Gasteiger partial charge is 0.306 e. The Balaban J connectivity index is 1.73. The minimum absolute atomic E-state index is 0.0279. The number of aryl methyl sites for hydroxylation is 1. The molecule has 3 N–H and O–H groups in total. The van der Waals surface area contributed by atoms with Crippen molar-refractivity contribution in [1.82, 2.24) is 4.98 Å². The molecule has 1 aliphatic rings. The van der Waals surface area contributed by atoms with Gasteiger partial charge in [0.15, 0.2) is 0 Å². The van der Waals surface area contributed by atoms with Crippen LogP contribution in [0.15, 0.2) is 24.5 Å². The lowest BCUT2D eigenvalue weighted by Gasteiger charge is -2.26. The molecule has 2 rings (SSSR count). The number of carboxylic acids is 1. The van der Waals surface area contributed by atoms with Gasteiger partial charge in [0.1, 0.15) is 0 Å². The van der Waals surface area contributed by atoms with E-state index in [1.54, 1.807) is 12.4 Å². The van der Waals surface area contributed by atoms with Crippen molar-refractivity contribution < 1.29 is 9.90 Å². The zero-order chi connectivity index (χ0) is 16.5. The molecule has 0 bridgehead atoms. The Morgan fingerprint density at radius 3 is 2.61 bits per heavy atom. The van der Waals surface area contributed by atoms with Gasteiger partial charge in [-0.05, 0) is 55.7 Å². The second-order valence-corrected chi connectivity index (χ2v) is 7.02. The molecule has 1 saturated carbocycles. The molecule has 1 fully saturated rings. The molecule has 2 atom stereocenters. The molecule has 0 amide bonds. The highest BCUT2D eigenvalue weighted by Crippen LogP contribution is 2.28. The van der Waals surface area contributed by atoms with E-state index in [1.165, 1.54) is 37.7 Å². The molecule has 4 nitrogen and oxygen atoms in total. The third-order valence-electron chi connectivity index (χ3n) is 5.06. The van der Waals surface area contributed by atoms with E-state index in [0.29, 0.717) is 18.8 Å². The Morgan fingerprint density at radius 1 is 1.26 bits per heavy atom. The fourth-order valence-corrected chi connectivity index (χ4v) is 3.76. The quantitative estimate of drug-likeness (QED) is 0.726. The van der Waals surface area contributed by atoms with E-state index in [1.807, 2.05) is 12.1 Å². The average molecular weight is 318 g/mol. The standard InChI is InChI=1S/C19H30N2O2/c20-18(13-16-5-2-1-3-6-16)14-17(19(22)23)8-4-7-15-9-11-21-12-10-15/h9-12,16-18H,1-8,13-14,20H2,(H,22,23). The highest BCUT2D eigenvalue weighted by molar-refractivity contribution is 5.69. The third kappa shape index (κ3) is 6.69. The maximum absolute atomic E-state index is 11.5. The number of nitrogens with zero attached hydrogens (tertiary/aromatic N) is 1.